The number of nitrogens with zero attached hydrogens (tertiary/aromatic N) is 1. The van der Waals surface area contributed by atoms with E-state index < -0.39 is 6.04 Å². The fourth-order valence-corrected chi connectivity index (χ4v) is 5.63. The van der Waals surface area contributed by atoms with E-state index in [0.717, 1.165) is 50.9 Å². The molecule has 27 heavy (non-hydrogen) atoms. The van der Waals surface area contributed by atoms with Crippen LogP contribution in [0.4, 0.5) is 4.79 Å². The standard InChI is InChI=1S/C20H32N4O3/c1-11(2)12-3-5-13(6-4-12)19(26)24-14-7-8-17(24)15(9-14)22-18(25)16-10-21-20(27)23-16/h11-17H,3-10H2,1-2H3,(H,22,25)(H2,21,23,27)/t12?,13?,14-,15+,16-,17+/m1/s1. The van der Waals surface area contributed by atoms with Crippen LogP contribution in [0, 0.1) is 17.8 Å². The molecular formula is C20H32N4O3. The van der Waals surface area contributed by atoms with E-state index in [1.54, 1.807) is 0 Å². The summed E-state index contributed by atoms with van der Waals surface area (Å²) >= 11 is 0. The molecule has 0 aromatic rings. The van der Waals surface area contributed by atoms with E-state index in [4.69, 9.17) is 0 Å². The first-order valence-corrected chi connectivity index (χ1v) is 10.6. The van der Waals surface area contributed by atoms with Gasteiger partial charge in [0.2, 0.25) is 11.8 Å². The summed E-state index contributed by atoms with van der Waals surface area (Å²) in [5.74, 6) is 1.80. The first-order chi connectivity index (χ1) is 12.9. The number of rotatable bonds is 4. The van der Waals surface area contributed by atoms with Gasteiger partial charge in [-0.15, -0.1) is 0 Å². The first kappa shape index (κ1) is 18.6. The van der Waals surface area contributed by atoms with Crippen LogP contribution < -0.4 is 16.0 Å². The Morgan fingerprint density at radius 3 is 2.48 bits per heavy atom. The van der Waals surface area contributed by atoms with Crippen LogP contribution in [0.3, 0.4) is 0 Å². The predicted molar refractivity (Wildman–Crippen MR) is 101 cm³/mol. The van der Waals surface area contributed by atoms with Crippen molar-refractivity contribution >= 4 is 17.8 Å². The van der Waals surface area contributed by atoms with Crippen LogP contribution in [-0.2, 0) is 9.59 Å². The molecule has 0 radical (unpaired) electrons. The molecule has 150 valence electrons. The molecule has 1 aliphatic carbocycles. The van der Waals surface area contributed by atoms with Gasteiger partial charge in [-0.05, 0) is 56.8 Å². The lowest BCUT2D eigenvalue weighted by molar-refractivity contribution is -0.138. The molecule has 3 saturated heterocycles. The van der Waals surface area contributed by atoms with E-state index >= 15 is 0 Å². The second-order valence-electron chi connectivity index (χ2n) is 9.16. The highest BCUT2D eigenvalue weighted by molar-refractivity contribution is 5.90. The number of hydrogen-bond donors (Lipinski definition) is 3. The third-order valence-electron chi connectivity index (χ3n) is 7.27. The minimum Gasteiger partial charge on any atom is -0.349 e. The molecule has 0 aromatic carbocycles. The van der Waals surface area contributed by atoms with Gasteiger partial charge in [-0.1, -0.05) is 13.8 Å². The van der Waals surface area contributed by atoms with Gasteiger partial charge >= 0.3 is 6.03 Å². The molecule has 2 bridgehead atoms. The summed E-state index contributed by atoms with van der Waals surface area (Å²) in [6.07, 6.45) is 7.20. The van der Waals surface area contributed by atoms with Crippen molar-refractivity contribution < 1.29 is 14.4 Å². The average Bonchev–Trinajstić information content (AvgIpc) is 3.35. The number of carbonyl (C=O) groups is 3. The lowest BCUT2D eigenvalue weighted by atomic mass is 9.76. The van der Waals surface area contributed by atoms with Crippen LogP contribution in [0.1, 0.15) is 58.8 Å². The number of urea groups is 1. The van der Waals surface area contributed by atoms with Crippen LogP contribution in [0.15, 0.2) is 0 Å². The fraction of sp³-hybridized carbons (Fsp3) is 0.850. The van der Waals surface area contributed by atoms with Crippen molar-refractivity contribution in [2.24, 2.45) is 17.8 Å². The minimum absolute atomic E-state index is 0.0182. The van der Waals surface area contributed by atoms with Crippen LogP contribution in [0.25, 0.3) is 0 Å². The SMILES string of the molecule is CC(C)C1CCC(C(=O)N2[C@@H]3CC[C@H]2[C@@H](NC(=O)[C@H]2CNC(=O)N2)C3)CC1. The lowest BCUT2D eigenvalue weighted by Gasteiger charge is -2.34. The van der Waals surface area contributed by atoms with Crippen molar-refractivity contribution in [3.05, 3.63) is 0 Å². The van der Waals surface area contributed by atoms with Gasteiger partial charge in [-0.25, -0.2) is 4.79 Å². The van der Waals surface area contributed by atoms with Crippen LogP contribution in [0.2, 0.25) is 0 Å². The molecule has 3 aliphatic heterocycles. The maximum atomic E-state index is 13.2. The van der Waals surface area contributed by atoms with Gasteiger partial charge in [0.25, 0.3) is 0 Å². The fourth-order valence-electron chi connectivity index (χ4n) is 5.63. The Balaban J connectivity index is 1.34. The number of fused-ring (bicyclic) bond motifs is 2. The van der Waals surface area contributed by atoms with Gasteiger partial charge in [-0.2, -0.15) is 0 Å². The highest BCUT2D eigenvalue weighted by Crippen LogP contribution is 2.41. The number of nitrogens with one attached hydrogen (secondary N) is 3. The second-order valence-corrected chi connectivity index (χ2v) is 9.16. The van der Waals surface area contributed by atoms with Crippen LogP contribution in [0.5, 0.6) is 0 Å². The smallest absolute Gasteiger partial charge is 0.315 e. The average molecular weight is 377 g/mol. The quantitative estimate of drug-likeness (QED) is 0.692. The van der Waals surface area contributed by atoms with Crippen molar-refractivity contribution in [2.75, 3.05) is 6.54 Å². The number of hydrogen-bond acceptors (Lipinski definition) is 3. The molecule has 7 heteroatoms. The summed E-state index contributed by atoms with van der Waals surface area (Å²) in [5, 5.41) is 8.34. The van der Waals surface area contributed by atoms with Gasteiger partial charge in [0, 0.05) is 18.5 Å². The monoisotopic (exact) mass is 376 g/mol. The largest absolute Gasteiger partial charge is 0.349 e. The Bertz CT molecular complexity index is 614. The maximum absolute atomic E-state index is 13.2. The zero-order valence-corrected chi connectivity index (χ0v) is 16.4. The molecule has 3 heterocycles. The first-order valence-electron chi connectivity index (χ1n) is 10.6. The van der Waals surface area contributed by atoms with E-state index in [9.17, 15) is 14.4 Å². The number of carbonyl (C=O) groups excluding carboxylic acids is 3. The molecule has 7 nitrogen and oxygen atoms in total. The molecule has 4 atom stereocenters. The van der Waals surface area contributed by atoms with Gasteiger partial charge in [0.05, 0.1) is 12.1 Å². The Morgan fingerprint density at radius 1 is 1.11 bits per heavy atom. The Hall–Kier alpha value is -1.79. The molecule has 4 fully saturated rings. The molecule has 4 rings (SSSR count). The Morgan fingerprint density at radius 2 is 1.85 bits per heavy atom. The zero-order chi connectivity index (χ0) is 19.1. The van der Waals surface area contributed by atoms with E-state index in [0.29, 0.717) is 18.4 Å². The summed E-state index contributed by atoms with van der Waals surface area (Å²) < 4.78 is 0. The van der Waals surface area contributed by atoms with Crippen molar-refractivity contribution in [2.45, 2.75) is 83.0 Å². The normalized spacial score (nSPS) is 38.0. The summed E-state index contributed by atoms with van der Waals surface area (Å²) in [7, 11) is 0. The van der Waals surface area contributed by atoms with E-state index in [1.165, 1.54) is 0 Å². The zero-order valence-electron chi connectivity index (χ0n) is 16.4. The van der Waals surface area contributed by atoms with Crippen molar-refractivity contribution in [3.8, 4) is 0 Å². The third-order valence-corrected chi connectivity index (χ3v) is 7.27. The van der Waals surface area contributed by atoms with Gasteiger partial charge in [-0.3, -0.25) is 9.59 Å². The molecule has 3 N–H and O–H groups in total. The highest BCUT2D eigenvalue weighted by Gasteiger charge is 2.50. The number of amides is 4. The molecular weight excluding hydrogens is 344 g/mol. The van der Waals surface area contributed by atoms with Gasteiger partial charge < -0.3 is 20.9 Å². The summed E-state index contributed by atoms with van der Waals surface area (Å²) in [6.45, 7) is 4.89. The van der Waals surface area contributed by atoms with Crippen LogP contribution in [-0.4, -0.2) is 53.5 Å². The molecule has 0 aromatic heterocycles. The van der Waals surface area contributed by atoms with Gasteiger partial charge in [0.15, 0.2) is 0 Å². The summed E-state index contributed by atoms with van der Waals surface area (Å²) in [4.78, 5) is 39.0. The Labute approximate surface area is 161 Å². The highest BCUT2D eigenvalue weighted by atomic mass is 16.2. The molecule has 4 amide bonds. The molecule has 0 unspecified atom stereocenters. The predicted octanol–water partition coefficient (Wildman–Crippen LogP) is 1.38. The summed E-state index contributed by atoms with van der Waals surface area (Å²) in [6, 6.07) is -0.389. The van der Waals surface area contributed by atoms with Crippen molar-refractivity contribution in [3.63, 3.8) is 0 Å². The van der Waals surface area contributed by atoms with E-state index in [-0.39, 0.29) is 36.0 Å². The van der Waals surface area contributed by atoms with E-state index in [1.807, 2.05) is 0 Å². The third kappa shape index (κ3) is 3.52. The molecule has 0 spiro atoms. The molecule has 4 aliphatic rings. The lowest BCUT2D eigenvalue weighted by Crippen LogP contribution is -2.51. The van der Waals surface area contributed by atoms with Crippen molar-refractivity contribution in [1.29, 1.82) is 0 Å². The van der Waals surface area contributed by atoms with E-state index in [2.05, 4.69) is 34.7 Å². The van der Waals surface area contributed by atoms with Crippen LogP contribution >= 0.6 is 0 Å². The van der Waals surface area contributed by atoms with Gasteiger partial charge in [0.1, 0.15) is 6.04 Å². The maximum Gasteiger partial charge on any atom is 0.315 e. The second kappa shape index (κ2) is 7.32. The molecule has 1 saturated carbocycles. The minimum atomic E-state index is -0.507. The topological polar surface area (TPSA) is 90.5 Å². The van der Waals surface area contributed by atoms with Crippen molar-refractivity contribution in [1.82, 2.24) is 20.9 Å². The Kier molecular flexibility index (Phi) is 5.03. The summed E-state index contributed by atoms with van der Waals surface area (Å²) in [5.41, 5.74) is 0.